The van der Waals surface area contributed by atoms with Gasteiger partial charge in [0, 0.05) is 5.69 Å². The first-order valence-electron chi connectivity index (χ1n) is 11.1. The molecule has 0 aliphatic heterocycles. The third-order valence-electron chi connectivity index (χ3n) is 5.33. The van der Waals surface area contributed by atoms with Gasteiger partial charge in [0.05, 0.1) is 23.2 Å². The molecule has 6 nitrogen and oxygen atoms in total. The Kier molecular flexibility index (Phi) is 7.52. The van der Waals surface area contributed by atoms with E-state index in [-0.39, 0.29) is 24.5 Å². The van der Waals surface area contributed by atoms with Gasteiger partial charge in [-0.1, -0.05) is 72.8 Å². The van der Waals surface area contributed by atoms with Crippen LogP contribution < -0.4 is 15.4 Å². The highest BCUT2D eigenvalue weighted by Crippen LogP contribution is 2.23. The second kappa shape index (κ2) is 11.3. The van der Waals surface area contributed by atoms with Gasteiger partial charge in [0.25, 0.3) is 11.8 Å². The van der Waals surface area contributed by atoms with Gasteiger partial charge in [0.2, 0.25) is 0 Å². The van der Waals surface area contributed by atoms with Crippen molar-refractivity contribution in [3.8, 4) is 11.8 Å². The Labute approximate surface area is 203 Å². The third kappa shape index (κ3) is 6.12. The number of amides is 2. The molecule has 0 saturated heterocycles. The molecule has 4 aromatic carbocycles. The molecule has 0 spiro atoms. The lowest BCUT2D eigenvalue weighted by Crippen LogP contribution is -2.33. The molecule has 0 unspecified atom stereocenters. The fourth-order valence-corrected chi connectivity index (χ4v) is 3.60. The summed E-state index contributed by atoms with van der Waals surface area (Å²) >= 11 is 0. The summed E-state index contributed by atoms with van der Waals surface area (Å²) in [4.78, 5) is 25.7. The predicted molar refractivity (Wildman–Crippen MR) is 134 cm³/mol. The minimum Gasteiger partial charge on any atom is -0.483 e. The van der Waals surface area contributed by atoms with Crippen molar-refractivity contribution < 1.29 is 14.3 Å². The van der Waals surface area contributed by atoms with Gasteiger partial charge >= 0.3 is 0 Å². The summed E-state index contributed by atoms with van der Waals surface area (Å²) in [5.41, 5.74) is 3.26. The van der Waals surface area contributed by atoms with Crippen LogP contribution in [0.2, 0.25) is 0 Å². The van der Waals surface area contributed by atoms with Crippen molar-refractivity contribution in [1.82, 2.24) is 5.32 Å². The Bertz CT molecular complexity index is 1290. The van der Waals surface area contributed by atoms with Crippen LogP contribution in [-0.4, -0.2) is 18.4 Å². The van der Waals surface area contributed by atoms with Crippen LogP contribution in [0.3, 0.4) is 0 Å². The van der Waals surface area contributed by atoms with Gasteiger partial charge in [-0.05, 0) is 47.5 Å². The van der Waals surface area contributed by atoms with E-state index >= 15 is 0 Å². The summed E-state index contributed by atoms with van der Waals surface area (Å²) in [6, 6.07) is 34.4. The first-order valence-corrected chi connectivity index (χ1v) is 11.1. The number of carbonyl (C=O) groups is 2. The van der Waals surface area contributed by atoms with Gasteiger partial charge < -0.3 is 15.4 Å². The first-order chi connectivity index (χ1) is 17.1. The lowest BCUT2D eigenvalue weighted by Gasteiger charge is -2.20. The molecule has 0 aromatic heterocycles. The number of anilines is 1. The van der Waals surface area contributed by atoms with Crippen LogP contribution in [0.1, 0.15) is 33.1 Å². The molecule has 6 heteroatoms. The molecule has 0 saturated carbocycles. The van der Waals surface area contributed by atoms with Gasteiger partial charge in [-0.25, -0.2) is 0 Å². The van der Waals surface area contributed by atoms with E-state index < -0.39 is 0 Å². The third-order valence-corrected chi connectivity index (χ3v) is 5.33. The SMILES string of the molecule is N#Cc1ccc(NC(=O)c2ccccc2OCC(=O)NC(c2ccccc2)c2ccccc2)cc1. The number of nitrogens with one attached hydrogen (secondary N) is 2. The van der Waals surface area contributed by atoms with Gasteiger partial charge in [-0.3, -0.25) is 9.59 Å². The highest BCUT2D eigenvalue weighted by molar-refractivity contribution is 6.06. The van der Waals surface area contributed by atoms with Crippen molar-refractivity contribution in [2.75, 3.05) is 11.9 Å². The second-order valence-corrected chi connectivity index (χ2v) is 7.75. The largest absolute Gasteiger partial charge is 0.483 e. The van der Waals surface area contributed by atoms with Crippen LogP contribution in [0, 0.1) is 11.3 Å². The second-order valence-electron chi connectivity index (χ2n) is 7.75. The quantitative estimate of drug-likeness (QED) is 0.382. The van der Waals surface area contributed by atoms with Crippen molar-refractivity contribution in [2.45, 2.75) is 6.04 Å². The molecule has 4 rings (SSSR count). The maximum atomic E-state index is 12.8. The highest BCUT2D eigenvalue weighted by Gasteiger charge is 2.18. The van der Waals surface area contributed by atoms with Crippen molar-refractivity contribution in [2.24, 2.45) is 0 Å². The molecule has 4 aromatic rings. The van der Waals surface area contributed by atoms with E-state index in [4.69, 9.17) is 10.00 Å². The number of para-hydroxylation sites is 1. The monoisotopic (exact) mass is 461 g/mol. The smallest absolute Gasteiger partial charge is 0.259 e. The summed E-state index contributed by atoms with van der Waals surface area (Å²) in [6.45, 7) is -0.253. The minimum absolute atomic E-state index is 0.253. The zero-order chi connectivity index (χ0) is 24.5. The number of rotatable bonds is 8. The summed E-state index contributed by atoms with van der Waals surface area (Å²) in [5, 5.41) is 14.7. The van der Waals surface area contributed by atoms with Gasteiger partial charge in [0.15, 0.2) is 6.61 Å². The van der Waals surface area contributed by atoms with E-state index in [1.807, 2.05) is 66.7 Å². The van der Waals surface area contributed by atoms with E-state index in [0.29, 0.717) is 22.6 Å². The molecular weight excluding hydrogens is 438 g/mol. The first kappa shape index (κ1) is 23.3. The number of ether oxygens (including phenoxy) is 1. The normalized spacial score (nSPS) is 10.3. The zero-order valence-corrected chi connectivity index (χ0v) is 18.8. The van der Waals surface area contributed by atoms with Gasteiger partial charge in [-0.15, -0.1) is 0 Å². The molecule has 0 heterocycles. The van der Waals surface area contributed by atoms with Crippen LogP contribution in [-0.2, 0) is 4.79 Å². The number of nitrogens with zero attached hydrogens (tertiary/aromatic N) is 1. The van der Waals surface area contributed by atoms with Crippen LogP contribution >= 0.6 is 0 Å². The Morgan fingerprint density at radius 1 is 0.771 bits per heavy atom. The maximum absolute atomic E-state index is 12.8. The molecule has 2 amide bonds. The van der Waals surface area contributed by atoms with Crippen LogP contribution in [0.25, 0.3) is 0 Å². The molecule has 0 aliphatic carbocycles. The van der Waals surface area contributed by atoms with Crippen LogP contribution in [0.5, 0.6) is 5.75 Å². The average molecular weight is 462 g/mol. The number of hydrogen-bond donors (Lipinski definition) is 2. The maximum Gasteiger partial charge on any atom is 0.259 e. The summed E-state index contributed by atoms with van der Waals surface area (Å²) in [5.74, 6) is -0.396. The van der Waals surface area contributed by atoms with Crippen molar-refractivity contribution in [3.05, 3.63) is 131 Å². The molecule has 0 atom stereocenters. The van der Waals surface area contributed by atoms with E-state index in [9.17, 15) is 9.59 Å². The average Bonchev–Trinajstić information content (AvgIpc) is 2.92. The molecule has 2 N–H and O–H groups in total. The van der Waals surface area contributed by atoms with Crippen LogP contribution in [0.4, 0.5) is 5.69 Å². The Morgan fingerprint density at radius 2 is 1.34 bits per heavy atom. The number of carbonyl (C=O) groups excluding carboxylic acids is 2. The lowest BCUT2D eigenvalue weighted by atomic mass is 9.99. The van der Waals surface area contributed by atoms with E-state index in [0.717, 1.165) is 11.1 Å². The standard InChI is InChI=1S/C29H23N3O3/c30-19-21-15-17-24(18-16-21)31-29(34)25-13-7-8-14-26(25)35-20-27(33)32-28(22-9-3-1-4-10-22)23-11-5-2-6-12-23/h1-18,28H,20H2,(H,31,34)(H,32,33). The lowest BCUT2D eigenvalue weighted by molar-refractivity contribution is -0.123. The predicted octanol–water partition coefficient (Wildman–Crippen LogP) is 5.10. The Balaban J connectivity index is 1.44. The molecule has 35 heavy (non-hydrogen) atoms. The minimum atomic E-state index is -0.378. The Morgan fingerprint density at radius 3 is 1.94 bits per heavy atom. The van der Waals surface area contributed by atoms with Crippen molar-refractivity contribution >= 4 is 17.5 Å². The van der Waals surface area contributed by atoms with Gasteiger partial charge in [0.1, 0.15) is 5.75 Å². The molecule has 0 aliphatic rings. The molecule has 0 bridgehead atoms. The van der Waals surface area contributed by atoms with Gasteiger partial charge in [-0.2, -0.15) is 5.26 Å². The Hall–Kier alpha value is -4.89. The molecular formula is C29H23N3O3. The van der Waals surface area contributed by atoms with Crippen molar-refractivity contribution in [3.63, 3.8) is 0 Å². The van der Waals surface area contributed by atoms with E-state index in [1.54, 1.807) is 48.5 Å². The highest BCUT2D eigenvalue weighted by atomic mass is 16.5. The number of nitriles is 1. The molecule has 172 valence electrons. The molecule has 0 radical (unpaired) electrons. The topological polar surface area (TPSA) is 91.2 Å². The summed E-state index contributed by atoms with van der Waals surface area (Å²) in [7, 11) is 0. The molecule has 0 fully saturated rings. The summed E-state index contributed by atoms with van der Waals surface area (Å²) in [6.07, 6.45) is 0. The number of hydrogen-bond acceptors (Lipinski definition) is 4. The fourth-order valence-electron chi connectivity index (χ4n) is 3.60. The van der Waals surface area contributed by atoms with Crippen molar-refractivity contribution in [1.29, 1.82) is 5.26 Å². The van der Waals surface area contributed by atoms with E-state index in [1.165, 1.54) is 0 Å². The zero-order valence-electron chi connectivity index (χ0n) is 18.8. The van der Waals surface area contributed by atoms with E-state index in [2.05, 4.69) is 10.6 Å². The fraction of sp³-hybridized carbons (Fsp3) is 0.0690. The summed E-state index contributed by atoms with van der Waals surface area (Å²) < 4.78 is 5.75. The number of benzene rings is 4. The van der Waals surface area contributed by atoms with Crippen LogP contribution in [0.15, 0.2) is 109 Å².